The molecule has 0 saturated heterocycles. The summed E-state index contributed by atoms with van der Waals surface area (Å²) >= 11 is 0. The number of likely N-dealkylation sites (N-methyl/N-ethyl adjacent to an activating group) is 1. The first kappa shape index (κ1) is 95.5. The Bertz CT molecular complexity index is 1890. The van der Waals surface area contributed by atoms with Gasteiger partial charge in [0, 0.05) is 12.8 Å². The van der Waals surface area contributed by atoms with E-state index >= 15 is 0 Å². The van der Waals surface area contributed by atoms with Gasteiger partial charge in [0.05, 0.1) is 27.7 Å². The summed E-state index contributed by atoms with van der Waals surface area (Å²) < 4.78 is 34.9. The standard InChI is InChI=1S/C88H164NO8P/c1-6-8-10-12-14-16-18-20-22-24-26-28-30-32-34-36-38-40-42-43-44-45-47-48-50-52-54-56-58-60-62-64-66-68-70-72-74-76-78-80-87(90)94-84-86(85-96-98(92,93)95-83-82-89(3,4)5)97-88(91)81-79-77-75-73-71-69-67-65-63-61-59-57-55-53-51-49-46-41-39-37-35-33-31-29-27-25-23-21-19-17-15-13-11-9-7-2/h9,11,15,17,21,23-24,26-27,29,33,35,86H,6-8,10,12-14,16,18-20,22,25,28,30-32,34,36-85H2,1-5H3/p+1/b11-9-,17-15-,23-21-,26-24-,29-27-,35-33-. The Hall–Kier alpha value is -2.55. The van der Waals surface area contributed by atoms with Gasteiger partial charge < -0.3 is 18.9 Å². The summed E-state index contributed by atoms with van der Waals surface area (Å²) in [7, 11) is 1.50. The van der Waals surface area contributed by atoms with Crippen LogP contribution in [0, 0.1) is 0 Å². The van der Waals surface area contributed by atoms with E-state index < -0.39 is 26.5 Å². The Labute approximate surface area is 609 Å². The van der Waals surface area contributed by atoms with E-state index in [2.05, 4.69) is 86.8 Å². The fourth-order valence-electron chi connectivity index (χ4n) is 12.8. The Balaban J connectivity index is 3.88. The quantitative estimate of drug-likeness (QED) is 0.0211. The minimum absolute atomic E-state index is 0.0334. The molecule has 0 aromatic heterocycles. The molecule has 98 heavy (non-hydrogen) atoms. The third-order valence-electron chi connectivity index (χ3n) is 19.2. The molecule has 0 spiro atoms. The van der Waals surface area contributed by atoms with E-state index in [1.54, 1.807) is 0 Å². The molecular formula is C88H165NO8P+. The number of phosphoric acid groups is 1. The monoisotopic (exact) mass is 1400 g/mol. The molecule has 0 aromatic rings. The Morgan fingerprint density at radius 3 is 0.878 bits per heavy atom. The highest BCUT2D eigenvalue weighted by atomic mass is 31.2. The number of phosphoric ester groups is 1. The van der Waals surface area contributed by atoms with Gasteiger partial charge in [-0.25, -0.2) is 4.57 Å². The number of nitrogens with zero attached hydrogens (tertiary/aromatic N) is 1. The van der Waals surface area contributed by atoms with E-state index in [0.717, 1.165) is 64.2 Å². The van der Waals surface area contributed by atoms with Crippen LogP contribution < -0.4 is 0 Å². The number of quaternary nitrogens is 1. The molecule has 0 radical (unpaired) electrons. The van der Waals surface area contributed by atoms with Gasteiger partial charge in [-0.2, -0.15) is 0 Å². The fraction of sp³-hybridized carbons (Fsp3) is 0.841. The van der Waals surface area contributed by atoms with Crippen LogP contribution in [0.4, 0.5) is 0 Å². The molecule has 0 fully saturated rings. The minimum atomic E-state index is -4.40. The molecule has 0 bridgehead atoms. The number of rotatable bonds is 80. The summed E-state index contributed by atoms with van der Waals surface area (Å²) in [5, 5.41) is 0. The average molecular weight is 1400 g/mol. The first-order valence-electron chi connectivity index (χ1n) is 42.7. The lowest BCUT2D eigenvalue weighted by molar-refractivity contribution is -0.870. The summed E-state index contributed by atoms with van der Waals surface area (Å²) in [4.78, 5) is 36.0. The van der Waals surface area contributed by atoms with Crippen LogP contribution in [0.25, 0.3) is 0 Å². The van der Waals surface area contributed by atoms with E-state index in [1.165, 1.54) is 327 Å². The molecule has 0 rings (SSSR count). The molecule has 0 aromatic carbocycles. The third kappa shape index (κ3) is 82.4. The highest BCUT2D eigenvalue weighted by Gasteiger charge is 2.27. The van der Waals surface area contributed by atoms with Gasteiger partial charge in [0.1, 0.15) is 19.8 Å². The highest BCUT2D eigenvalue weighted by molar-refractivity contribution is 7.47. The zero-order chi connectivity index (χ0) is 71.1. The van der Waals surface area contributed by atoms with E-state index in [9.17, 15) is 19.0 Å². The minimum Gasteiger partial charge on any atom is -0.462 e. The van der Waals surface area contributed by atoms with E-state index in [1.807, 2.05) is 21.1 Å². The predicted octanol–water partition coefficient (Wildman–Crippen LogP) is 28.6. The normalized spacial score (nSPS) is 13.3. The van der Waals surface area contributed by atoms with E-state index in [0.29, 0.717) is 23.9 Å². The Morgan fingerprint density at radius 2 is 0.582 bits per heavy atom. The molecule has 0 aliphatic heterocycles. The van der Waals surface area contributed by atoms with Crippen LogP contribution in [0.5, 0.6) is 0 Å². The summed E-state index contributed by atoms with van der Waals surface area (Å²) in [5.74, 6) is -0.774. The van der Waals surface area contributed by atoms with Gasteiger partial charge in [-0.1, -0.05) is 401 Å². The average Bonchev–Trinajstić information content (AvgIpc) is 1.08. The van der Waals surface area contributed by atoms with Crippen LogP contribution in [-0.4, -0.2) is 74.9 Å². The number of allylic oxidation sites excluding steroid dienone is 12. The number of carbonyl (C=O) groups is 2. The van der Waals surface area contributed by atoms with Gasteiger partial charge in [0.15, 0.2) is 6.10 Å². The van der Waals surface area contributed by atoms with Crippen molar-refractivity contribution in [2.24, 2.45) is 0 Å². The molecule has 0 aliphatic rings. The van der Waals surface area contributed by atoms with Crippen molar-refractivity contribution in [1.82, 2.24) is 0 Å². The van der Waals surface area contributed by atoms with Crippen molar-refractivity contribution in [1.29, 1.82) is 0 Å². The smallest absolute Gasteiger partial charge is 0.462 e. The van der Waals surface area contributed by atoms with Crippen LogP contribution in [0.1, 0.15) is 425 Å². The van der Waals surface area contributed by atoms with Crippen molar-refractivity contribution in [2.75, 3.05) is 47.5 Å². The largest absolute Gasteiger partial charge is 0.472 e. The molecule has 0 aliphatic carbocycles. The molecule has 0 amide bonds. The van der Waals surface area contributed by atoms with Gasteiger partial charge in [0.25, 0.3) is 0 Å². The van der Waals surface area contributed by atoms with Gasteiger partial charge in [-0.3, -0.25) is 18.6 Å². The maximum atomic E-state index is 12.9. The SMILES string of the molecule is CC/C=C\C/C=C\C/C=C\C/C=C\C/C=C\CCCCCCCCCCCCCCCCCCCCCC(=O)OC(COC(=O)CCCCCCCCCCCCCCCCCCCCCCCCCCCCC/C=C\CCCCCCCCCC)COP(=O)(O)OCC[N+](C)(C)C. The second-order valence-corrected chi connectivity index (χ2v) is 31.6. The summed E-state index contributed by atoms with van der Waals surface area (Å²) in [6, 6.07) is 0. The maximum Gasteiger partial charge on any atom is 0.472 e. The zero-order valence-electron chi connectivity index (χ0n) is 65.8. The van der Waals surface area contributed by atoms with Gasteiger partial charge >= 0.3 is 19.8 Å². The highest BCUT2D eigenvalue weighted by Crippen LogP contribution is 2.43. The van der Waals surface area contributed by atoms with Crippen LogP contribution >= 0.6 is 7.82 Å². The third-order valence-corrected chi connectivity index (χ3v) is 20.2. The summed E-state index contributed by atoms with van der Waals surface area (Å²) in [6.07, 6.45) is 108. The predicted molar refractivity (Wildman–Crippen MR) is 427 cm³/mol. The number of ether oxygens (including phenoxy) is 2. The van der Waals surface area contributed by atoms with E-state index in [-0.39, 0.29) is 25.6 Å². The van der Waals surface area contributed by atoms with Crippen molar-refractivity contribution >= 4 is 19.8 Å². The molecule has 2 unspecified atom stereocenters. The van der Waals surface area contributed by atoms with E-state index in [4.69, 9.17) is 18.5 Å². The van der Waals surface area contributed by atoms with Gasteiger partial charge in [-0.05, 0) is 83.5 Å². The van der Waals surface area contributed by atoms with Gasteiger partial charge in [0.2, 0.25) is 0 Å². The van der Waals surface area contributed by atoms with Crippen molar-refractivity contribution in [3.8, 4) is 0 Å². The number of hydrogen-bond donors (Lipinski definition) is 1. The lowest BCUT2D eigenvalue weighted by Gasteiger charge is -2.24. The molecule has 1 N–H and O–H groups in total. The number of carbonyl (C=O) groups excluding carboxylic acids is 2. The van der Waals surface area contributed by atoms with Crippen molar-refractivity contribution in [3.63, 3.8) is 0 Å². The van der Waals surface area contributed by atoms with Crippen LogP contribution in [0.3, 0.4) is 0 Å². The second kappa shape index (κ2) is 78.6. The first-order valence-corrected chi connectivity index (χ1v) is 44.2. The number of esters is 2. The van der Waals surface area contributed by atoms with Crippen molar-refractivity contribution in [3.05, 3.63) is 72.9 Å². The van der Waals surface area contributed by atoms with Crippen LogP contribution in [0.2, 0.25) is 0 Å². The molecule has 0 saturated carbocycles. The topological polar surface area (TPSA) is 108 Å². The summed E-state index contributed by atoms with van der Waals surface area (Å²) in [5.41, 5.74) is 0. The fourth-order valence-corrected chi connectivity index (χ4v) is 13.5. The lowest BCUT2D eigenvalue weighted by Crippen LogP contribution is -2.37. The maximum absolute atomic E-state index is 12.9. The molecule has 10 heteroatoms. The molecule has 9 nitrogen and oxygen atoms in total. The number of unbranched alkanes of at least 4 members (excludes halogenated alkanes) is 54. The van der Waals surface area contributed by atoms with Gasteiger partial charge in [-0.15, -0.1) is 0 Å². The Morgan fingerprint density at radius 1 is 0.327 bits per heavy atom. The van der Waals surface area contributed by atoms with Crippen LogP contribution in [0.15, 0.2) is 72.9 Å². The first-order chi connectivity index (χ1) is 48.0. The van der Waals surface area contributed by atoms with Crippen LogP contribution in [-0.2, 0) is 32.7 Å². The van der Waals surface area contributed by atoms with Crippen molar-refractivity contribution in [2.45, 2.75) is 431 Å². The molecule has 2 atom stereocenters. The number of hydrogen-bond acceptors (Lipinski definition) is 7. The zero-order valence-corrected chi connectivity index (χ0v) is 66.7. The molecule has 0 heterocycles. The lowest BCUT2D eigenvalue weighted by atomic mass is 10.0. The second-order valence-electron chi connectivity index (χ2n) is 30.2. The molecule has 574 valence electrons. The molecular weight excluding hydrogens is 1230 g/mol. The summed E-state index contributed by atoms with van der Waals surface area (Å²) in [6.45, 7) is 4.39. The van der Waals surface area contributed by atoms with Crippen molar-refractivity contribution < 1.29 is 42.1 Å². The Kier molecular flexibility index (Phi) is 76.5.